The molecule has 1 aliphatic carbocycles. The number of carbonyl (C=O) groups is 3. The van der Waals surface area contributed by atoms with E-state index in [0.29, 0.717) is 40.5 Å². The normalized spacial score (nSPS) is 15.8. The smallest absolute Gasteiger partial charge is 0.323 e. The summed E-state index contributed by atoms with van der Waals surface area (Å²) in [6, 6.07) is 13.9. The van der Waals surface area contributed by atoms with Crippen LogP contribution in [-0.2, 0) is 6.54 Å². The Morgan fingerprint density at radius 3 is 2.30 bits per heavy atom. The highest BCUT2D eigenvalue weighted by atomic mass is 35.5. The maximum atomic E-state index is 13.4. The van der Waals surface area contributed by atoms with Crippen LogP contribution >= 0.6 is 23.2 Å². The van der Waals surface area contributed by atoms with Crippen LogP contribution in [0.25, 0.3) is 22.4 Å². The largest absolute Gasteiger partial charge is 0.352 e. The van der Waals surface area contributed by atoms with Gasteiger partial charge in [0.05, 0.1) is 21.4 Å². The highest BCUT2D eigenvalue weighted by Gasteiger charge is 2.25. The number of halogens is 2. The standard InChI is InChI=1S/C36H38Cl2N8O4/c1-3-46-35(49)31(42-36(50)43-32-28(37)19-39-20-29(32)38)18-30(44-46)22-7-4-6-21(14-22)23-15-24(17-25(16-23)34(48)41-26-9-10-26)33(47)40-12-11-27-8-5-13-45(27)2/h4,6-7,14-20,26-27H,3,5,8-13H2,1-2H3,(H,40,47)(H,41,48)(H2,39,42,43,50)/t27-/m1/s1. The first kappa shape index (κ1) is 35.1. The summed E-state index contributed by atoms with van der Waals surface area (Å²) in [6.07, 6.45) is 7.69. The lowest BCUT2D eigenvalue weighted by atomic mass is 9.97. The number of urea groups is 1. The number of benzene rings is 2. The molecule has 2 aliphatic rings. The third-order valence-corrected chi connectivity index (χ3v) is 9.48. The molecule has 2 aromatic carbocycles. The molecular weight excluding hydrogens is 679 g/mol. The van der Waals surface area contributed by atoms with Crippen molar-refractivity contribution in [2.45, 2.75) is 57.7 Å². The maximum Gasteiger partial charge on any atom is 0.323 e. The second-order valence-corrected chi connectivity index (χ2v) is 13.4. The molecule has 0 radical (unpaired) electrons. The molecule has 0 bridgehead atoms. The minimum absolute atomic E-state index is 0.0115. The molecule has 6 rings (SSSR count). The Kier molecular flexibility index (Phi) is 10.8. The SMILES string of the molecule is CCn1nc(-c2cccc(-c3cc(C(=O)NCC[C@H]4CCCN4C)cc(C(=O)NC4CC4)c3)c2)cc(NC(=O)Nc2c(Cl)cncc2Cl)c1=O. The molecular formula is C36H38Cl2N8O4. The van der Waals surface area contributed by atoms with Gasteiger partial charge in [-0.25, -0.2) is 9.48 Å². The van der Waals surface area contributed by atoms with Gasteiger partial charge in [-0.15, -0.1) is 0 Å². The lowest BCUT2D eigenvalue weighted by Crippen LogP contribution is -2.32. The second kappa shape index (κ2) is 15.4. The van der Waals surface area contributed by atoms with Gasteiger partial charge in [0.2, 0.25) is 0 Å². The molecule has 260 valence electrons. The van der Waals surface area contributed by atoms with Gasteiger partial charge in [0.25, 0.3) is 17.4 Å². The molecule has 3 heterocycles. The Labute approximate surface area is 299 Å². The van der Waals surface area contributed by atoms with Gasteiger partial charge in [0, 0.05) is 54.3 Å². The topological polar surface area (TPSA) is 150 Å². The molecule has 4 aromatic rings. The maximum absolute atomic E-state index is 13.4. The van der Waals surface area contributed by atoms with E-state index in [-0.39, 0.29) is 45.8 Å². The summed E-state index contributed by atoms with van der Waals surface area (Å²) < 4.78 is 1.25. The Bertz CT molecular complexity index is 1980. The molecule has 0 spiro atoms. The number of carbonyl (C=O) groups excluding carboxylic acids is 3. The average molecular weight is 718 g/mol. The van der Waals surface area contributed by atoms with Gasteiger partial charge >= 0.3 is 6.03 Å². The predicted octanol–water partition coefficient (Wildman–Crippen LogP) is 6.05. The van der Waals surface area contributed by atoms with Crippen molar-refractivity contribution >= 4 is 52.4 Å². The zero-order valence-corrected chi connectivity index (χ0v) is 29.3. The van der Waals surface area contributed by atoms with E-state index in [2.05, 4.69) is 43.3 Å². The number of aryl methyl sites for hydroxylation is 1. The number of rotatable bonds is 11. The molecule has 1 saturated carbocycles. The summed E-state index contributed by atoms with van der Waals surface area (Å²) in [5, 5.41) is 16.0. The van der Waals surface area contributed by atoms with Crippen molar-refractivity contribution in [2.24, 2.45) is 0 Å². The summed E-state index contributed by atoms with van der Waals surface area (Å²) in [4.78, 5) is 58.9. The van der Waals surface area contributed by atoms with E-state index >= 15 is 0 Å². The van der Waals surface area contributed by atoms with E-state index in [1.54, 1.807) is 25.1 Å². The number of amides is 4. The van der Waals surface area contributed by atoms with Crippen LogP contribution in [0, 0.1) is 0 Å². The second-order valence-electron chi connectivity index (χ2n) is 12.6. The van der Waals surface area contributed by atoms with Crippen LogP contribution < -0.4 is 26.8 Å². The minimum atomic E-state index is -0.729. The van der Waals surface area contributed by atoms with Crippen molar-refractivity contribution in [1.82, 2.24) is 30.3 Å². The number of hydrogen-bond donors (Lipinski definition) is 4. The molecule has 0 unspecified atom stereocenters. The number of nitrogens with zero attached hydrogens (tertiary/aromatic N) is 4. The summed E-state index contributed by atoms with van der Waals surface area (Å²) in [5.74, 6) is -0.476. The number of anilines is 2. The molecule has 1 atom stereocenters. The Balaban J connectivity index is 1.28. The van der Waals surface area contributed by atoms with E-state index < -0.39 is 11.6 Å². The number of pyridine rings is 1. The summed E-state index contributed by atoms with van der Waals surface area (Å²) >= 11 is 12.3. The molecule has 4 amide bonds. The Hall–Kier alpha value is -4.78. The van der Waals surface area contributed by atoms with Gasteiger partial charge in [0.1, 0.15) is 5.69 Å². The van der Waals surface area contributed by atoms with Gasteiger partial charge < -0.3 is 26.2 Å². The fourth-order valence-electron chi connectivity index (χ4n) is 5.99. The van der Waals surface area contributed by atoms with Crippen molar-refractivity contribution < 1.29 is 14.4 Å². The summed E-state index contributed by atoms with van der Waals surface area (Å²) in [6.45, 7) is 3.62. The number of hydrogen-bond acceptors (Lipinski definition) is 7. The summed E-state index contributed by atoms with van der Waals surface area (Å²) in [5.41, 5.74) is 2.89. The van der Waals surface area contributed by atoms with Crippen molar-refractivity contribution in [3.05, 3.63) is 92.5 Å². The van der Waals surface area contributed by atoms with Crippen molar-refractivity contribution in [3.8, 4) is 22.4 Å². The van der Waals surface area contributed by atoms with Gasteiger partial charge in [-0.05, 0) is 94.1 Å². The molecule has 1 aliphatic heterocycles. The fraction of sp³-hybridized carbons (Fsp3) is 0.333. The van der Waals surface area contributed by atoms with Gasteiger partial charge in [0.15, 0.2) is 0 Å². The number of likely N-dealkylation sites (tertiary alicyclic amines) is 1. The first-order chi connectivity index (χ1) is 24.1. The van der Waals surface area contributed by atoms with E-state index in [1.165, 1.54) is 23.1 Å². The van der Waals surface area contributed by atoms with E-state index in [4.69, 9.17) is 23.2 Å². The highest BCUT2D eigenvalue weighted by molar-refractivity contribution is 6.39. The molecule has 4 N–H and O–H groups in total. The van der Waals surface area contributed by atoms with Gasteiger partial charge in [-0.2, -0.15) is 5.10 Å². The van der Waals surface area contributed by atoms with Crippen LogP contribution in [0.2, 0.25) is 10.0 Å². The number of aromatic nitrogens is 3. The first-order valence-corrected chi connectivity index (χ1v) is 17.4. The van der Waals surface area contributed by atoms with E-state index in [1.807, 2.05) is 24.3 Å². The van der Waals surface area contributed by atoms with Crippen molar-refractivity contribution in [2.75, 3.05) is 30.8 Å². The first-order valence-electron chi connectivity index (χ1n) is 16.6. The molecule has 1 saturated heterocycles. The molecule has 12 nitrogen and oxygen atoms in total. The van der Waals surface area contributed by atoms with Crippen LogP contribution in [0.5, 0.6) is 0 Å². The Morgan fingerprint density at radius 1 is 0.900 bits per heavy atom. The van der Waals surface area contributed by atoms with Crippen molar-refractivity contribution in [3.63, 3.8) is 0 Å². The van der Waals surface area contributed by atoms with Crippen LogP contribution in [0.1, 0.15) is 59.7 Å². The molecule has 50 heavy (non-hydrogen) atoms. The average Bonchev–Trinajstić information content (AvgIpc) is 3.84. The monoisotopic (exact) mass is 716 g/mol. The zero-order valence-electron chi connectivity index (χ0n) is 27.8. The van der Waals surface area contributed by atoms with Crippen LogP contribution in [0.15, 0.2) is 65.7 Å². The van der Waals surface area contributed by atoms with Crippen LogP contribution in [0.4, 0.5) is 16.2 Å². The van der Waals surface area contributed by atoms with Crippen LogP contribution in [-0.4, -0.2) is 69.7 Å². The molecule has 14 heteroatoms. The minimum Gasteiger partial charge on any atom is -0.352 e. The van der Waals surface area contributed by atoms with Crippen LogP contribution in [0.3, 0.4) is 0 Å². The zero-order chi connectivity index (χ0) is 35.4. The van der Waals surface area contributed by atoms with Gasteiger partial charge in [-0.3, -0.25) is 19.4 Å². The number of nitrogens with one attached hydrogen (secondary N) is 4. The van der Waals surface area contributed by atoms with E-state index in [0.717, 1.165) is 44.2 Å². The quantitative estimate of drug-likeness (QED) is 0.148. The third kappa shape index (κ3) is 8.32. The third-order valence-electron chi connectivity index (χ3n) is 8.91. The van der Waals surface area contributed by atoms with E-state index in [9.17, 15) is 19.2 Å². The highest BCUT2D eigenvalue weighted by Crippen LogP contribution is 2.30. The molecule has 2 aromatic heterocycles. The summed E-state index contributed by atoms with van der Waals surface area (Å²) in [7, 11) is 2.11. The van der Waals surface area contributed by atoms with Crippen molar-refractivity contribution in [1.29, 1.82) is 0 Å². The molecule has 2 fully saturated rings. The van der Waals surface area contributed by atoms with Gasteiger partial charge in [-0.1, -0.05) is 41.4 Å². The lowest BCUT2D eigenvalue weighted by molar-refractivity contribution is 0.0949. The fourth-order valence-corrected chi connectivity index (χ4v) is 6.45. The Morgan fingerprint density at radius 2 is 1.62 bits per heavy atom. The lowest BCUT2D eigenvalue weighted by Gasteiger charge is -2.19. The predicted molar refractivity (Wildman–Crippen MR) is 195 cm³/mol.